The molecular weight excluding hydrogens is 371 g/mol. The summed E-state index contributed by atoms with van der Waals surface area (Å²) in [4.78, 5) is 28.4. The van der Waals surface area contributed by atoms with Crippen molar-refractivity contribution in [2.45, 2.75) is 44.9 Å². The third kappa shape index (κ3) is 5.28. The van der Waals surface area contributed by atoms with Crippen molar-refractivity contribution in [2.24, 2.45) is 0 Å². The minimum Gasteiger partial charge on any atom is -0.466 e. The highest BCUT2D eigenvalue weighted by Gasteiger charge is 2.29. The molecule has 1 N–H and O–H groups in total. The van der Waals surface area contributed by atoms with Crippen molar-refractivity contribution < 1.29 is 18.7 Å². The van der Waals surface area contributed by atoms with Gasteiger partial charge in [-0.05, 0) is 50.2 Å². The Morgan fingerprint density at radius 3 is 2.69 bits per heavy atom. The van der Waals surface area contributed by atoms with Gasteiger partial charge in [-0.1, -0.05) is 35.9 Å². The molecule has 1 aromatic carbocycles. The van der Waals surface area contributed by atoms with Crippen molar-refractivity contribution in [3.63, 3.8) is 0 Å². The fraction of sp³-hybridized carbons (Fsp3) is 0.348. The minimum absolute atomic E-state index is 0.145. The zero-order chi connectivity index (χ0) is 20.8. The molecule has 1 aliphatic rings. The van der Waals surface area contributed by atoms with E-state index in [2.05, 4.69) is 10.3 Å². The molecule has 2 aromatic rings. The number of rotatable bonds is 6. The number of amides is 1. The summed E-state index contributed by atoms with van der Waals surface area (Å²) in [5.74, 6) is -1.33. The number of nitrogens with one attached hydrogen (secondary N) is 1. The van der Waals surface area contributed by atoms with Gasteiger partial charge in [0.1, 0.15) is 0 Å². The molecule has 1 unspecified atom stereocenters. The predicted octanol–water partition coefficient (Wildman–Crippen LogP) is 3.97. The van der Waals surface area contributed by atoms with Crippen LogP contribution in [0.1, 0.15) is 48.3 Å². The Kier molecular flexibility index (Phi) is 6.75. The molecule has 0 saturated heterocycles. The van der Waals surface area contributed by atoms with Crippen LogP contribution >= 0.6 is 0 Å². The van der Waals surface area contributed by atoms with E-state index >= 15 is 0 Å². The van der Waals surface area contributed by atoms with E-state index in [-0.39, 0.29) is 11.8 Å². The quantitative estimate of drug-likeness (QED) is 0.593. The molecule has 152 valence electrons. The Labute approximate surface area is 170 Å². The second-order valence-corrected chi connectivity index (χ2v) is 7.31. The molecule has 6 heteroatoms. The number of halogens is 1. The highest BCUT2D eigenvalue weighted by molar-refractivity contribution is 5.91. The van der Waals surface area contributed by atoms with Crippen molar-refractivity contribution in [1.82, 2.24) is 10.3 Å². The molecule has 29 heavy (non-hydrogen) atoms. The lowest BCUT2D eigenvalue weighted by atomic mass is 9.82. The van der Waals surface area contributed by atoms with Gasteiger partial charge in [-0.15, -0.1) is 0 Å². The van der Waals surface area contributed by atoms with E-state index in [0.717, 1.165) is 5.56 Å². The molecule has 5 nitrogen and oxygen atoms in total. The largest absolute Gasteiger partial charge is 0.466 e. The topological polar surface area (TPSA) is 68.3 Å². The van der Waals surface area contributed by atoms with Gasteiger partial charge in [0, 0.05) is 23.9 Å². The zero-order valence-corrected chi connectivity index (χ0v) is 16.7. The molecule has 0 aliphatic heterocycles. The number of hydrogen-bond acceptors (Lipinski definition) is 4. The molecule has 0 bridgehead atoms. The standard InChI is InChI=1S/C23H25FN2O3/c1-15-5-7-16(8-6-15)9-12-21(27)26-20-11-10-17(14-19(20)23(28)29-2)18-4-3-13-25-22(18)24/h3-8,13,17H,9-12,14H2,1-2H3,(H,26,27). The van der Waals surface area contributed by atoms with Crippen molar-refractivity contribution in [3.05, 3.63) is 76.5 Å². The average Bonchev–Trinajstić information content (AvgIpc) is 2.73. The van der Waals surface area contributed by atoms with E-state index in [9.17, 15) is 14.0 Å². The molecule has 0 radical (unpaired) electrons. The van der Waals surface area contributed by atoms with E-state index in [1.165, 1.54) is 18.9 Å². The summed E-state index contributed by atoms with van der Waals surface area (Å²) in [6, 6.07) is 11.4. The van der Waals surface area contributed by atoms with Crippen molar-refractivity contribution in [2.75, 3.05) is 7.11 Å². The van der Waals surface area contributed by atoms with Gasteiger partial charge in [0.25, 0.3) is 0 Å². The first-order valence-electron chi connectivity index (χ1n) is 9.74. The van der Waals surface area contributed by atoms with Gasteiger partial charge < -0.3 is 10.1 Å². The van der Waals surface area contributed by atoms with Gasteiger partial charge in [-0.25, -0.2) is 9.78 Å². The number of allylic oxidation sites excluding steroid dienone is 1. The van der Waals surface area contributed by atoms with Crippen LogP contribution in [0.3, 0.4) is 0 Å². The summed E-state index contributed by atoms with van der Waals surface area (Å²) >= 11 is 0. The van der Waals surface area contributed by atoms with Crippen LogP contribution < -0.4 is 5.32 Å². The van der Waals surface area contributed by atoms with Gasteiger partial charge in [0.05, 0.1) is 12.7 Å². The average molecular weight is 396 g/mol. The lowest BCUT2D eigenvalue weighted by molar-refractivity contribution is -0.136. The Balaban J connectivity index is 1.70. The summed E-state index contributed by atoms with van der Waals surface area (Å²) in [6.07, 6.45) is 3.75. The summed E-state index contributed by atoms with van der Waals surface area (Å²) in [5, 5.41) is 2.88. The summed E-state index contributed by atoms with van der Waals surface area (Å²) in [5.41, 5.74) is 3.72. The second-order valence-electron chi connectivity index (χ2n) is 7.31. The van der Waals surface area contributed by atoms with Gasteiger partial charge in [0.2, 0.25) is 11.9 Å². The number of carbonyl (C=O) groups is 2. The molecule has 1 atom stereocenters. The van der Waals surface area contributed by atoms with Gasteiger partial charge in [0.15, 0.2) is 0 Å². The van der Waals surface area contributed by atoms with Crippen LogP contribution in [-0.2, 0) is 20.7 Å². The number of carbonyl (C=O) groups excluding carboxylic acids is 2. The molecule has 3 rings (SSSR count). The van der Waals surface area contributed by atoms with Crippen LogP contribution in [0.15, 0.2) is 53.9 Å². The number of aryl methyl sites for hydroxylation is 2. The number of aromatic nitrogens is 1. The van der Waals surface area contributed by atoms with E-state index in [0.29, 0.717) is 48.9 Å². The van der Waals surface area contributed by atoms with Crippen LogP contribution in [0.2, 0.25) is 0 Å². The third-order valence-electron chi connectivity index (χ3n) is 5.27. The van der Waals surface area contributed by atoms with E-state index in [1.807, 2.05) is 31.2 Å². The number of methoxy groups -OCH3 is 1. The number of esters is 1. The van der Waals surface area contributed by atoms with Gasteiger partial charge in [-0.2, -0.15) is 4.39 Å². The minimum atomic E-state index is -0.521. The van der Waals surface area contributed by atoms with Gasteiger partial charge >= 0.3 is 5.97 Å². The fourth-order valence-electron chi connectivity index (χ4n) is 3.62. The number of benzene rings is 1. The summed E-state index contributed by atoms with van der Waals surface area (Å²) in [7, 11) is 1.31. The molecular formula is C23H25FN2O3. The Morgan fingerprint density at radius 1 is 1.24 bits per heavy atom. The fourth-order valence-corrected chi connectivity index (χ4v) is 3.62. The Bertz CT molecular complexity index is 922. The highest BCUT2D eigenvalue weighted by atomic mass is 19.1. The number of ether oxygens (including phenoxy) is 1. The van der Waals surface area contributed by atoms with Crippen molar-refractivity contribution in [1.29, 1.82) is 0 Å². The zero-order valence-electron chi connectivity index (χ0n) is 16.7. The Hall–Kier alpha value is -3.02. The maximum absolute atomic E-state index is 14.1. The van der Waals surface area contributed by atoms with E-state index < -0.39 is 11.9 Å². The maximum Gasteiger partial charge on any atom is 0.335 e. The van der Waals surface area contributed by atoms with Gasteiger partial charge in [-0.3, -0.25) is 4.79 Å². The normalized spacial score (nSPS) is 16.4. The first-order chi connectivity index (χ1) is 14.0. The van der Waals surface area contributed by atoms with Crippen molar-refractivity contribution >= 4 is 11.9 Å². The van der Waals surface area contributed by atoms with Crippen LogP contribution in [0.25, 0.3) is 0 Å². The van der Waals surface area contributed by atoms with Crippen molar-refractivity contribution in [3.8, 4) is 0 Å². The lowest BCUT2D eigenvalue weighted by Gasteiger charge is -2.26. The molecule has 0 saturated carbocycles. The molecule has 0 spiro atoms. The molecule has 1 heterocycles. The first-order valence-corrected chi connectivity index (χ1v) is 9.74. The molecule has 1 amide bonds. The number of hydrogen-bond donors (Lipinski definition) is 1. The summed E-state index contributed by atoms with van der Waals surface area (Å²) in [6.45, 7) is 2.02. The first kappa shape index (κ1) is 20.7. The molecule has 0 fully saturated rings. The van der Waals surface area contributed by atoms with Crippen LogP contribution in [0, 0.1) is 12.9 Å². The van der Waals surface area contributed by atoms with E-state index in [4.69, 9.17) is 4.74 Å². The van der Waals surface area contributed by atoms with Crippen LogP contribution in [0.5, 0.6) is 0 Å². The predicted molar refractivity (Wildman–Crippen MR) is 107 cm³/mol. The summed E-state index contributed by atoms with van der Waals surface area (Å²) < 4.78 is 19.0. The molecule has 1 aromatic heterocycles. The second kappa shape index (κ2) is 9.45. The maximum atomic E-state index is 14.1. The number of nitrogens with zero attached hydrogens (tertiary/aromatic N) is 1. The van der Waals surface area contributed by atoms with Crippen LogP contribution in [0.4, 0.5) is 4.39 Å². The highest BCUT2D eigenvalue weighted by Crippen LogP contribution is 2.36. The monoisotopic (exact) mass is 396 g/mol. The lowest BCUT2D eigenvalue weighted by Crippen LogP contribution is -2.29. The van der Waals surface area contributed by atoms with Crippen LogP contribution in [-0.4, -0.2) is 24.0 Å². The Morgan fingerprint density at radius 2 is 2.00 bits per heavy atom. The van der Waals surface area contributed by atoms with E-state index in [1.54, 1.807) is 12.1 Å². The third-order valence-corrected chi connectivity index (χ3v) is 5.27. The SMILES string of the molecule is COC(=O)C1=C(NC(=O)CCc2ccc(C)cc2)CCC(c2cccnc2F)C1. The number of pyridine rings is 1. The smallest absolute Gasteiger partial charge is 0.335 e. The molecule has 1 aliphatic carbocycles.